The van der Waals surface area contributed by atoms with E-state index in [-0.39, 0.29) is 0 Å². The quantitative estimate of drug-likeness (QED) is 0.734. The highest BCUT2D eigenvalue weighted by Crippen LogP contribution is 2.14. The van der Waals surface area contributed by atoms with Crippen LogP contribution in [-0.4, -0.2) is 9.97 Å². The van der Waals surface area contributed by atoms with Crippen LogP contribution in [0.3, 0.4) is 0 Å². The Morgan fingerprint density at radius 2 is 2.17 bits per heavy atom. The lowest BCUT2D eigenvalue weighted by Gasteiger charge is -1.88. The van der Waals surface area contributed by atoms with Crippen LogP contribution in [0.5, 0.6) is 0 Å². The molecule has 0 aliphatic heterocycles. The van der Waals surface area contributed by atoms with Crippen molar-refractivity contribution in [3.63, 3.8) is 0 Å². The van der Waals surface area contributed by atoms with Gasteiger partial charge in [0.1, 0.15) is 5.65 Å². The molecular weight excluding hydrogens is 216 g/mol. The van der Waals surface area contributed by atoms with Crippen molar-refractivity contribution in [2.24, 2.45) is 0 Å². The minimum atomic E-state index is 0.934. The van der Waals surface area contributed by atoms with Crippen LogP contribution < -0.4 is 0 Å². The molecule has 0 fully saturated rings. The topological polar surface area (TPSA) is 28.7 Å². The zero-order valence-electron chi connectivity index (χ0n) is 7.13. The Morgan fingerprint density at radius 1 is 1.42 bits per heavy atom. The normalized spacial score (nSPS) is 9.25. The lowest BCUT2D eigenvalue weighted by Crippen LogP contribution is -1.73. The van der Waals surface area contributed by atoms with Gasteiger partial charge in [0.2, 0.25) is 0 Å². The van der Waals surface area contributed by atoms with E-state index in [1.54, 1.807) is 6.20 Å². The van der Waals surface area contributed by atoms with Crippen molar-refractivity contribution in [1.29, 1.82) is 0 Å². The van der Waals surface area contributed by atoms with Gasteiger partial charge in [-0.15, -0.1) is 0 Å². The first-order chi connectivity index (χ1) is 5.86. The van der Waals surface area contributed by atoms with Gasteiger partial charge in [0, 0.05) is 22.3 Å². The first kappa shape index (κ1) is 9.26. The summed E-state index contributed by atoms with van der Waals surface area (Å²) in [5.41, 5.74) is 0.934. The molecule has 2 aromatic heterocycles. The van der Waals surface area contributed by atoms with Gasteiger partial charge in [-0.3, -0.25) is 0 Å². The zero-order chi connectivity index (χ0) is 8.97. The number of aromatic nitrogens is 2. The summed E-state index contributed by atoms with van der Waals surface area (Å²) in [4.78, 5) is 7.15. The third-order valence-electron chi connectivity index (χ3n) is 1.37. The smallest absolute Gasteiger partial charge is 0.137 e. The van der Waals surface area contributed by atoms with Crippen molar-refractivity contribution in [3.8, 4) is 0 Å². The van der Waals surface area contributed by atoms with Gasteiger partial charge < -0.3 is 4.98 Å². The van der Waals surface area contributed by atoms with E-state index >= 15 is 0 Å². The second-order valence-electron chi connectivity index (χ2n) is 2.07. The number of nitrogens with zero attached hydrogens (tertiary/aromatic N) is 1. The molecule has 0 atom stereocenters. The minimum Gasteiger partial charge on any atom is -0.346 e. The van der Waals surface area contributed by atoms with Crippen molar-refractivity contribution in [1.82, 2.24) is 9.97 Å². The summed E-state index contributed by atoms with van der Waals surface area (Å²) >= 11 is 3.34. The van der Waals surface area contributed by atoms with E-state index in [1.165, 1.54) is 0 Å². The number of hydrogen-bond acceptors (Lipinski definition) is 1. The van der Waals surface area contributed by atoms with Crippen molar-refractivity contribution < 1.29 is 0 Å². The molecule has 0 aliphatic carbocycles. The Kier molecular flexibility index (Phi) is 3.29. The molecule has 3 heteroatoms. The van der Waals surface area contributed by atoms with Crippen molar-refractivity contribution >= 4 is 27.0 Å². The number of nitrogens with one attached hydrogen (secondary N) is 1. The third kappa shape index (κ3) is 1.85. The summed E-state index contributed by atoms with van der Waals surface area (Å²) in [7, 11) is 0. The Bertz CT molecular complexity index is 354. The average Bonchev–Trinajstić information content (AvgIpc) is 2.54. The number of aromatic amines is 1. The Labute approximate surface area is 80.1 Å². The highest BCUT2D eigenvalue weighted by molar-refractivity contribution is 9.10. The first-order valence-corrected chi connectivity index (χ1v) is 4.74. The van der Waals surface area contributed by atoms with Gasteiger partial charge in [-0.05, 0) is 28.1 Å². The predicted molar refractivity (Wildman–Crippen MR) is 55.1 cm³/mol. The second kappa shape index (κ2) is 4.26. The Balaban J connectivity index is 0.000000336. The molecule has 0 amide bonds. The van der Waals surface area contributed by atoms with Gasteiger partial charge in [0.25, 0.3) is 0 Å². The van der Waals surface area contributed by atoms with Crippen LogP contribution in [0.15, 0.2) is 29.0 Å². The fraction of sp³-hybridized carbons (Fsp3) is 0.222. The van der Waals surface area contributed by atoms with E-state index in [4.69, 9.17) is 0 Å². The van der Waals surface area contributed by atoms with Gasteiger partial charge in [-0.25, -0.2) is 4.98 Å². The summed E-state index contributed by atoms with van der Waals surface area (Å²) in [6, 6.07) is 4.02. The zero-order valence-corrected chi connectivity index (χ0v) is 8.72. The van der Waals surface area contributed by atoms with E-state index in [9.17, 15) is 0 Å². The largest absolute Gasteiger partial charge is 0.346 e. The maximum Gasteiger partial charge on any atom is 0.137 e. The monoisotopic (exact) mass is 226 g/mol. The summed E-state index contributed by atoms with van der Waals surface area (Å²) in [6.45, 7) is 4.00. The van der Waals surface area contributed by atoms with E-state index in [0.29, 0.717) is 0 Å². The van der Waals surface area contributed by atoms with Gasteiger partial charge in [-0.2, -0.15) is 0 Å². The Morgan fingerprint density at radius 3 is 2.92 bits per heavy atom. The lowest BCUT2D eigenvalue weighted by molar-refractivity contribution is 1.31. The first-order valence-electron chi connectivity index (χ1n) is 3.95. The number of hydrogen-bond donors (Lipinski definition) is 1. The summed E-state index contributed by atoms with van der Waals surface area (Å²) in [5, 5.41) is 1.13. The molecule has 2 rings (SSSR count). The third-order valence-corrected chi connectivity index (χ3v) is 1.80. The molecule has 0 saturated heterocycles. The molecule has 0 unspecified atom stereocenters. The average molecular weight is 227 g/mol. The van der Waals surface area contributed by atoms with Crippen LogP contribution in [0, 0.1) is 0 Å². The van der Waals surface area contributed by atoms with E-state index < -0.39 is 0 Å². The number of halogens is 1. The van der Waals surface area contributed by atoms with E-state index in [2.05, 4.69) is 25.9 Å². The maximum atomic E-state index is 4.14. The number of pyridine rings is 1. The van der Waals surface area contributed by atoms with Crippen molar-refractivity contribution in [2.45, 2.75) is 13.8 Å². The minimum absolute atomic E-state index is 0.934. The van der Waals surface area contributed by atoms with Gasteiger partial charge >= 0.3 is 0 Å². The van der Waals surface area contributed by atoms with Crippen LogP contribution >= 0.6 is 15.9 Å². The Hall–Kier alpha value is -0.830. The highest BCUT2D eigenvalue weighted by atomic mass is 79.9. The fourth-order valence-corrected chi connectivity index (χ4v) is 1.26. The number of rotatable bonds is 0. The van der Waals surface area contributed by atoms with Crippen LogP contribution in [-0.2, 0) is 0 Å². The highest BCUT2D eigenvalue weighted by Gasteiger charge is 1.93. The van der Waals surface area contributed by atoms with E-state index in [0.717, 1.165) is 15.5 Å². The summed E-state index contributed by atoms with van der Waals surface area (Å²) in [6.07, 6.45) is 3.66. The van der Waals surface area contributed by atoms with Crippen molar-refractivity contribution in [2.75, 3.05) is 0 Å². The van der Waals surface area contributed by atoms with Gasteiger partial charge in [0.05, 0.1) is 0 Å². The van der Waals surface area contributed by atoms with E-state index in [1.807, 2.05) is 32.2 Å². The molecule has 0 aromatic carbocycles. The molecule has 64 valence electrons. The summed E-state index contributed by atoms with van der Waals surface area (Å²) in [5.74, 6) is 0. The number of fused-ring (bicyclic) bond motifs is 1. The maximum absolute atomic E-state index is 4.14. The second-order valence-corrected chi connectivity index (χ2v) is 2.98. The molecule has 2 nitrogen and oxygen atoms in total. The van der Waals surface area contributed by atoms with Crippen molar-refractivity contribution in [3.05, 3.63) is 29.0 Å². The molecule has 0 saturated carbocycles. The van der Waals surface area contributed by atoms with Crippen LogP contribution in [0.4, 0.5) is 0 Å². The predicted octanol–water partition coefficient (Wildman–Crippen LogP) is 3.35. The molecule has 0 bridgehead atoms. The fourth-order valence-electron chi connectivity index (χ4n) is 0.913. The van der Waals surface area contributed by atoms with Gasteiger partial charge in [-0.1, -0.05) is 13.8 Å². The van der Waals surface area contributed by atoms with Crippen LogP contribution in [0.2, 0.25) is 0 Å². The molecule has 2 aromatic rings. The number of H-pyrrole nitrogens is 1. The molecule has 12 heavy (non-hydrogen) atoms. The molecule has 0 aliphatic rings. The van der Waals surface area contributed by atoms with Crippen LogP contribution in [0.1, 0.15) is 13.8 Å². The molecule has 1 N–H and O–H groups in total. The molecule has 0 radical (unpaired) electrons. The molecular formula is C9H11BrN2. The van der Waals surface area contributed by atoms with Gasteiger partial charge in [0.15, 0.2) is 0 Å². The SMILES string of the molecule is Brc1cnc2[nH]ccc2c1.CC. The lowest BCUT2D eigenvalue weighted by atomic mass is 10.3. The van der Waals surface area contributed by atoms with Crippen LogP contribution in [0.25, 0.3) is 11.0 Å². The molecule has 2 heterocycles. The molecule has 0 spiro atoms. The summed E-state index contributed by atoms with van der Waals surface area (Å²) < 4.78 is 1.01. The standard InChI is InChI=1S/C7H5BrN2.C2H6/c8-6-3-5-1-2-9-7(5)10-4-6;1-2/h1-4H,(H,9,10);1-2H3.